The van der Waals surface area contributed by atoms with Crippen molar-refractivity contribution < 1.29 is 61.1 Å². The van der Waals surface area contributed by atoms with Gasteiger partial charge in [-0.3, -0.25) is 9.11 Å². The molecular formula is C15H10F8O6S2. The van der Waals surface area contributed by atoms with Crippen molar-refractivity contribution in [1.82, 2.24) is 0 Å². The average Bonchev–Trinajstić information content (AvgIpc) is 2.56. The second-order valence-corrected chi connectivity index (χ2v) is 9.08. The Bertz CT molecular complexity index is 1250. The van der Waals surface area contributed by atoms with Gasteiger partial charge in [-0.15, -0.1) is 0 Å². The molecule has 0 saturated heterocycles. The second-order valence-electron chi connectivity index (χ2n) is 6.37. The molecule has 2 N–H and O–H groups in total. The lowest BCUT2D eigenvalue weighted by Gasteiger charge is -2.36. The minimum atomic E-state index is -7.00. The maximum Gasteiger partial charge on any atom is 0.382 e. The molecule has 0 aliphatic heterocycles. The molecular weight excluding hydrogens is 492 g/mol. The van der Waals surface area contributed by atoms with Gasteiger partial charge < -0.3 is 0 Å². The van der Waals surface area contributed by atoms with Gasteiger partial charge in [-0.2, -0.15) is 52.0 Å². The third-order valence-corrected chi connectivity index (χ3v) is 6.16. The van der Waals surface area contributed by atoms with Crippen molar-refractivity contribution >= 4 is 31.0 Å². The van der Waals surface area contributed by atoms with Crippen molar-refractivity contribution in [3.8, 4) is 0 Å². The van der Waals surface area contributed by atoms with Crippen molar-refractivity contribution in [2.75, 3.05) is 0 Å². The van der Waals surface area contributed by atoms with E-state index in [9.17, 15) is 61.1 Å². The topological polar surface area (TPSA) is 109 Å². The SMILES string of the molecule is CC(F)(F)C(F)(F)C(F)(F)C(F)(F)c1cc2ccccc2c(S(=O)(=O)O)c1S(=O)(=O)O. The van der Waals surface area contributed by atoms with Crippen molar-refractivity contribution in [1.29, 1.82) is 0 Å². The van der Waals surface area contributed by atoms with Crippen LogP contribution < -0.4 is 0 Å². The van der Waals surface area contributed by atoms with Crippen LogP contribution in [-0.2, 0) is 26.2 Å². The Balaban J connectivity index is 3.16. The third kappa shape index (κ3) is 3.85. The van der Waals surface area contributed by atoms with E-state index in [1.54, 1.807) is 0 Å². The maximum atomic E-state index is 14.6. The minimum absolute atomic E-state index is 0.203. The van der Waals surface area contributed by atoms with Gasteiger partial charge in [0.1, 0.15) is 9.79 Å². The molecule has 16 heteroatoms. The van der Waals surface area contributed by atoms with Crippen molar-refractivity contribution in [3.05, 3.63) is 35.9 Å². The van der Waals surface area contributed by atoms with Crippen LogP contribution in [0.2, 0.25) is 0 Å². The van der Waals surface area contributed by atoms with Crippen LogP contribution in [0.25, 0.3) is 10.8 Å². The molecule has 6 nitrogen and oxygen atoms in total. The number of rotatable bonds is 6. The minimum Gasteiger partial charge on any atom is -0.282 e. The number of benzene rings is 2. The van der Waals surface area contributed by atoms with Crippen LogP contribution in [-0.4, -0.2) is 43.7 Å². The van der Waals surface area contributed by atoms with Gasteiger partial charge in [-0.25, -0.2) is 0 Å². The van der Waals surface area contributed by atoms with E-state index < -0.39 is 77.0 Å². The predicted octanol–water partition coefficient (Wildman–Crippen LogP) is 4.35. The van der Waals surface area contributed by atoms with E-state index in [0.29, 0.717) is 6.07 Å². The summed E-state index contributed by atoms with van der Waals surface area (Å²) in [5.74, 6) is -26.0. The normalized spacial score (nSPS) is 14.8. The molecule has 0 unspecified atom stereocenters. The Labute approximate surface area is 169 Å². The van der Waals surface area contributed by atoms with Crippen LogP contribution in [0.4, 0.5) is 35.1 Å². The molecule has 0 fully saturated rings. The summed E-state index contributed by atoms with van der Waals surface area (Å²) in [6.45, 7) is -0.801. The third-order valence-electron chi connectivity index (χ3n) is 4.15. The van der Waals surface area contributed by atoms with Gasteiger partial charge >= 0.3 is 23.7 Å². The predicted molar refractivity (Wildman–Crippen MR) is 88.0 cm³/mol. The number of hydrogen-bond donors (Lipinski definition) is 2. The summed E-state index contributed by atoms with van der Waals surface area (Å²) in [6, 6.07) is 3.23. The zero-order valence-electron chi connectivity index (χ0n) is 14.8. The molecule has 0 aliphatic carbocycles. The monoisotopic (exact) mass is 502 g/mol. The Hall–Kier alpha value is -2.04. The van der Waals surface area contributed by atoms with E-state index in [2.05, 4.69) is 0 Å². The summed E-state index contributed by atoms with van der Waals surface area (Å²) in [5.41, 5.74) is -2.75. The Kier molecular flexibility index (Phi) is 5.68. The van der Waals surface area contributed by atoms with Crippen LogP contribution in [0.1, 0.15) is 12.5 Å². The number of fused-ring (bicyclic) bond motifs is 1. The Morgan fingerprint density at radius 3 is 1.61 bits per heavy atom. The van der Waals surface area contributed by atoms with E-state index in [-0.39, 0.29) is 6.07 Å². The highest BCUT2D eigenvalue weighted by atomic mass is 32.2. The molecule has 0 atom stereocenters. The Morgan fingerprint density at radius 1 is 0.742 bits per heavy atom. The van der Waals surface area contributed by atoms with Gasteiger partial charge in [-0.1, -0.05) is 24.3 Å². The van der Waals surface area contributed by atoms with Gasteiger partial charge in [-0.05, 0) is 11.5 Å². The van der Waals surface area contributed by atoms with E-state index in [1.165, 1.54) is 0 Å². The van der Waals surface area contributed by atoms with Crippen LogP contribution in [0.5, 0.6) is 0 Å². The largest absolute Gasteiger partial charge is 0.382 e. The lowest BCUT2D eigenvalue weighted by atomic mass is 9.92. The lowest BCUT2D eigenvalue weighted by Crippen LogP contribution is -2.60. The van der Waals surface area contributed by atoms with E-state index in [4.69, 9.17) is 0 Å². The summed E-state index contributed by atoms with van der Waals surface area (Å²) < 4.78 is 176. The average molecular weight is 502 g/mol. The standard InChI is InChI=1S/C15H10F8O6S2/c1-12(16,17)14(20,21)15(22,23)13(18,19)9-6-7-4-2-3-5-8(7)10(30(24,25)26)11(9)31(27,28)29/h2-6H,1H3,(H,24,25,26)(H,27,28,29). The van der Waals surface area contributed by atoms with Crippen LogP contribution in [0.15, 0.2) is 40.1 Å². The fourth-order valence-corrected chi connectivity index (χ4v) is 4.93. The number of hydrogen-bond acceptors (Lipinski definition) is 4. The van der Waals surface area contributed by atoms with Gasteiger partial charge in [0.2, 0.25) is 0 Å². The molecule has 0 saturated carbocycles. The zero-order chi connectivity index (χ0) is 24.4. The van der Waals surface area contributed by atoms with Gasteiger partial charge in [0, 0.05) is 12.3 Å². The van der Waals surface area contributed by atoms with Gasteiger partial charge in [0.25, 0.3) is 20.2 Å². The Morgan fingerprint density at radius 2 is 1.19 bits per heavy atom. The first-order chi connectivity index (χ1) is 13.6. The highest BCUT2D eigenvalue weighted by Crippen LogP contribution is 2.57. The molecule has 0 radical (unpaired) electrons. The second kappa shape index (κ2) is 6.98. The summed E-state index contributed by atoms with van der Waals surface area (Å²) in [7, 11) is -12.1. The molecule has 174 valence electrons. The summed E-state index contributed by atoms with van der Waals surface area (Å²) >= 11 is 0. The van der Waals surface area contributed by atoms with Crippen molar-refractivity contribution in [2.24, 2.45) is 0 Å². The molecule has 2 rings (SSSR count). The smallest absolute Gasteiger partial charge is 0.282 e. The van der Waals surface area contributed by atoms with Crippen LogP contribution in [0, 0.1) is 0 Å². The first kappa shape index (κ1) is 25.2. The first-order valence-corrected chi connectivity index (χ1v) is 10.5. The van der Waals surface area contributed by atoms with Crippen LogP contribution in [0.3, 0.4) is 0 Å². The van der Waals surface area contributed by atoms with E-state index >= 15 is 0 Å². The molecule has 2 aromatic carbocycles. The van der Waals surface area contributed by atoms with E-state index in [0.717, 1.165) is 18.2 Å². The molecule has 0 spiro atoms. The highest BCUT2D eigenvalue weighted by molar-refractivity contribution is 7.89. The van der Waals surface area contributed by atoms with Crippen molar-refractivity contribution in [3.63, 3.8) is 0 Å². The summed E-state index contributed by atoms with van der Waals surface area (Å²) in [5, 5.41) is -1.67. The molecule has 31 heavy (non-hydrogen) atoms. The van der Waals surface area contributed by atoms with Crippen LogP contribution >= 0.6 is 0 Å². The van der Waals surface area contributed by atoms with E-state index in [1.807, 2.05) is 0 Å². The zero-order valence-corrected chi connectivity index (χ0v) is 16.4. The quantitative estimate of drug-likeness (QED) is 0.449. The van der Waals surface area contributed by atoms with Crippen molar-refractivity contribution in [2.45, 2.75) is 40.4 Å². The number of alkyl halides is 8. The molecule has 0 aromatic heterocycles. The molecule has 0 amide bonds. The maximum absolute atomic E-state index is 14.6. The fraction of sp³-hybridized carbons (Fsp3) is 0.333. The lowest BCUT2D eigenvalue weighted by molar-refractivity contribution is -0.367. The highest BCUT2D eigenvalue weighted by Gasteiger charge is 2.80. The molecule has 0 heterocycles. The molecule has 0 bridgehead atoms. The summed E-state index contributed by atoms with van der Waals surface area (Å²) in [6.07, 6.45) is 0. The molecule has 0 aliphatic rings. The fourth-order valence-electron chi connectivity index (χ4n) is 2.68. The summed E-state index contributed by atoms with van der Waals surface area (Å²) in [4.78, 5) is -4.61. The first-order valence-electron chi connectivity index (χ1n) is 7.61. The molecule has 2 aromatic rings. The number of halogens is 8. The van der Waals surface area contributed by atoms with Gasteiger partial charge in [0.05, 0.1) is 5.56 Å². The van der Waals surface area contributed by atoms with Gasteiger partial charge in [0.15, 0.2) is 0 Å².